The lowest BCUT2D eigenvalue weighted by atomic mass is 10.1. The molecule has 0 aromatic carbocycles. The van der Waals surface area contributed by atoms with Crippen molar-refractivity contribution in [3.8, 4) is 0 Å². The molecule has 16 heavy (non-hydrogen) atoms. The predicted molar refractivity (Wildman–Crippen MR) is 53.0 cm³/mol. The average molecular weight is 232 g/mol. The van der Waals surface area contributed by atoms with Crippen LogP contribution in [0, 0.1) is 5.92 Å². The van der Waals surface area contributed by atoms with E-state index in [1.54, 1.807) is 0 Å². The molecule has 7 heteroatoms. The second-order valence-corrected chi connectivity index (χ2v) is 3.89. The van der Waals surface area contributed by atoms with Gasteiger partial charge in [-0.15, -0.1) is 5.10 Å². The number of hydrogen-bond donors (Lipinski definition) is 1. The van der Waals surface area contributed by atoms with Crippen LogP contribution in [0.5, 0.6) is 0 Å². The molecule has 0 aliphatic heterocycles. The second kappa shape index (κ2) is 5.00. The number of hydrogen-bond acceptors (Lipinski definition) is 3. The van der Waals surface area contributed by atoms with Crippen LogP contribution in [0.3, 0.4) is 0 Å². The molecule has 0 unspecified atom stereocenters. The third-order valence-corrected chi connectivity index (χ3v) is 2.13. The lowest BCUT2D eigenvalue weighted by Crippen LogP contribution is -2.16. The van der Waals surface area contributed by atoms with Gasteiger partial charge in [-0.1, -0.05) is 19.1 Å². The van der Waals surface area contributed by atoms with Crippen LogP contribution < -0.4 is 5.73 Å². The molecule has 0 radical (unpaired) electrons. The zero-order valence-corrected chi connectivity index (χ0v) is 9.15. The number of carbonyl (C=O) groups is 1. The topological polar surface area (TPSA) is 73.8 Å². The first kappa shape index (κ1) is 12.5. The third-order valence-electron chi connectivity index (χ3n) is 2.13. The number of aryl methyl sites for hydroxylation is 1. The highest BCUT2D eigenvalue weighted by Crippen LogP contribution is 2.21. The van der Waals surface area contributed by atoms with E-state index in [4.69, 9.17) is 5.73 Å². The first-order valence-electron chi connectivity index (χ1n) is 4.94. The first-order chi connectivity index (χ1) is 7.43. The Labute approximate surface area is 91.6 Å². The van der Waals surface area contributed by atoms with Crippen molar-refractivity contribution in [3.05, 3.63) is 11.4 Å². The van der Waals surface area contributed by atoms with E-state index in [-0.39, 0.29) is 0 Å². The predicted octanol–water partition coefficient (Wildman–Crippen LogP) is 1.36. The van der Waals surface area contributed by atoms with E-state index in [9.17, 15) is 13.6 Å². The summed E-state index contributed by atoms with van der Waals surface area (Å²) in [7, 11) is 0. The molecule has 0 aliphatic carbocycles. The summed E-state index contributed by atoms with van der Waals surface area (Å²) in [4.78, 5) is 10.9. The third kappa shape index (κ3) is 2.74. The molecule has 1 aromatic heterocycles. The Morgan fingerprint density at radius 2 is 2.12 bits per heavy atom. The molecule has 0 bridgehead atoms. The molecule has 0 aliphatic rings. The van der Waals surface area contributed by atoms with Crippen molar-refractivity contribution >= 4 is 5.91 Å². The average Bonchev–Trinajstić information content (AvgIpc) is 2.57. The van der Waals surface area contributed by atoms with Crippen molar-refractivity contribution in [1.82, 2.24) is 15.0 Å². The highest BCUT2D eigenvalue weighted by atomic mass is 19.3. The summed E-state index contributed by atoms with van der Waals surface area (Å²) in [6.07, 6.45) is -2.12. The molecule has 0 saturated heterocycles. The molecule has 1 rings (SSSR count). The van der Waals surface area contributed by atoms with Crippen molar-refractivity contribution < 1.29 is 13.6 Å². The lowest BCUT2D eigenvalue weighted by molar-refractivity contribution is 0.0976. The van der Waals surface area contributed by atoms with Gasteiger partial charge in [0, 0.05) is 6.54 Å². The molecule has 0 atom stereocenters. The van der Waals surface area contributed by atoms with Gasteiger partial charge >= 0.3 is 0 Å². The monoisotopic (exact) mass is 232 g/mol. The van der Waals surface area contributed by atoms with Crippen LogP contribution in [-0.2, 0) is 6.54 Å². The van der Waals surface area contributed by atoms with E-state index >= 15 is 0 Å². The Hall–Kier alpha value is -1.53. The number of nitrogens with zero attached hydrogens (tertiary/aromatic N) is 3. The molecule has 2 N–H and O–H groups in total. The summed E-state index contributed by atoms with van der Waals surface area (Å²) in [6.45, 7) is 4.24. The molecule has 0 fully saturated rings. The Balaban J connectivity index is 2.96. The van der Waals surface area contributed by atoms with Crippen LogP contribution in [0.1, 0.15) is 42.9 Å². The minimum atomic E-state index is -2.80. The van der Waals surface area contributed by atoms with Gasteiger partial charge in [-0.2, -0.15) is 0 Å². The highest BCUT2D eigenvalue weighted by Gasteiger charge is 2.24. The fourth-order valence-electron chi connectivity index (χ4n) is 1.26. The quantitative estimate of drug-likeness (QED) is 0.832. The summed E-state index contributed by atoms with van der Waals surface area (Å²) in [5.74, 6) is -0.627. The number of carbonyl (C=O) groups excluding carboxylic acids is 1. The number of nitrogens with two attached hydrogens (primary N) is 1. The van der Waals surface area contributed by atoms with Gasteiger partial charge in [0.2, 0.25) is 0 Å². The van der Waals surface area contributed by atoms with Gasteiger partial charge in [-0.3, -0.25) is 4.79 Å². The molecule has 1 aromatic rings. The molecule has 0 spiro atoms. The van der Waals surface area contributed by atoms with Crippen LogP contribution in [0.4, 0.5) is 8.78 Å². The summed E-state index contributed by atoms with van der Waals surface area (Å²) in [5, 5.41) is 6.89. The van der Waals surface area contributed by atoms with Gasteiger partial charge in [0.15, 0.2) is 5.69 Å². The van der Waals surface area contributed by atoms with Gasteiger partial charge in [0.1, 0.15) is 5.69 Å². The number of alkyl halides is 2. The number of amides is 1. The molecule has 0 saturated carbocycles. The van der Waals surface area contributed by atoms with E-state index in [1.165, 1.54) is 0 Å². The van der Waals surface area contributed by atoms with E-state index in [2.05, 4.69) is 10.3 Å². The maximum Gasteiger partial charge on any atom is 0.282 e. The standard InChI is InChI=1S/C9H14F2N4O/c1-5(2)3-4-15-7(8(10)11)6(9(12)16)13-14-15/h5,8H,3-4H2,1-2H3,(H2,12,16). The fourth-order valence-corrected chi connectivity index (χ4v) is 1.26. The van der Waals surface area contributed by atoms with Crippen LogP contribution in [0.2, 0.25) is 0 Å². The van der Waals surface area contributed by atoms with E-state index in [0.29, 0.717) is 18.9 Å². The molecule has 5 nitrogen and oxygen atoms in total. The smallest absolute Gasteiger partial charge is 0.282 e. The normalized spacial score (nSPS) is 11.4. The largest absolute Gasteiger partial charge is 0.364 e. The Bertz CT molecular complexity index is 376. The van der Waals surface area contributed by atoms with Crippen molar-refractivity contribution in [3.63, 3.8) is 0 Å². The van der Waals surface area contributed by atoms with Gasteiger partial charge in [-0.05, 0) is 12.3 Å². The summed E-state index contributed by atoms with van der Waals surface area (Å²) < 4.78 is 26.4. The number of primary amides is 1. The van der Waals surface area contributed by atoms with Crippen LogP contribution in [0.25, 0.3) is 0 Å². The summed E-state index contributed by atoms with van der Waals surface area (Å²) in [6, 6.07) is 0. The second-order valence-electron chi connectivity index (χ2n) is 3.89. The Kier molecular flexibility index (Phi) is 3.92. The highest BCUT2D eigenvalue weighted by molar-refractivity contribution is 5.91. The van der Waals surface area contributed by atoms with Gasteiger partial charge in [-0.25, -0.2) is 13.5 Å². The zero-order valence-electron chi connectivity index (χ0n) is 9.15. The van der Waals surface area contributed by atoms with Crippen molar-refractivity contribution in [2.45, 2.75) is 33.2 Å². The van der Waals surface area contributed by atoms with Crippen molar-refractivity contribution in [2.24, 2.45) is 11.7 Å². The first-order valence-corrected chi connectivity index (χ1v) is 4.94. The summed E-state index contributed by atoms with van der Waals surface area (Å²) in [5.41, 5.74) is 4.00. The number of aromatic nitrogens is 3. The van der Waals surface area contributed by atoms with Crippen molar-refractivity contribution in [1.29, 1.82) is 0 Å². The molecular formula is C9H14F2N4O. The minimum absolute atomic E-state index is 0.303. The molecule has 1 heterocycles. The van der Waals surface area contributed by atoms with Gasteiger partial charge < -0.3 is 5.73 Å². The van der Waals surface area contributed by atoms with E-state index in [0.717, 1.165) is 4.68 Å². The fraction of sp³-hybridized carbons (Fsp3) is 0.667. The van der Waals surface area contributed by atoms with Crippen LogP contribution >= 0.6 is 0 Å². The van der Waals surface area contributed by atoms with E-state index < -0.39 is 23.7 Å². The maximum absolute atomic E-state index is 12.7. The molecular weight excluding hydrogens is 218 g/mol. The van der Waals surface area contributed by atoms with Gasteiger partial charge in [0.25, 0.3) is 12.3 Å². The van der Waals surface area contributed by atoms with Crippen LogP contribution in [0.15, 0.2) is 0 Å². The SMILES string of the molecule is CC(C)CCn1nnc(C(N)=O)c1C(F)F. The minimum Gasteiger partial charge on any atom is -0.364 e. The zero-order chi connectivity index (χ0) is 12.3. The van der Waals surface area contributed by atoms with Crippen LogP contribution in [-0.4, -0.2) is 20.9 Å². The Morgan fingerprint density at radius 3 is 2.56 bits per heavy atom. The lowest BCUT2D eigenvalue weighted by Gasteiger charge is -2.07. The summed E-state index contributed by atoms with van der Waals surface area (Å²) >= 11 is 0. The Morgan fingerprint density at radius 1 is 1.50 bits per heavy atom. The van der Waals surface area contributed by atoms with Crippen molar-refractivity contribution in [2.75, 3.05) is 0 Å². The van der Waals surface area contributed by atoms with E-state index in [1.807, 2.05) is 13.8 Å². The molecule has 1 amide bonds. The van der Waals surface area contributed by atoms with Gasteiger partial charge in [0.05, 0.1) is 0 Å². The molecule has 90 valence electrons. The number of rotatable bonds is 5. The maximum atomic E-state index is 12.7. The number of halogens is 2.